The Morgan fingerprint density at radius 2 is 1.75 bits per heavy atom. The van der Waals surface area contributed by atoms with Gasteiger partial charge in [-0.15, -0.1) is 0 Å². The number of rotatable bonds is 2. The van der Waals surface area contributed by atoms with Gasteiger partial charge in [-0.05, 0) is 34.7 Å². The van der Waals surface area contributed by atoms with Gasteiger partial charge in [0.15, 0.2) is 0 Å². The van der Waals surface area contributed by atoms with Crippen molar-refractivity contribution in [2.45, 2.75) is 5.92 Å². The first-order valence-electron chi connectivity index (χ1n) is 3.40. The first-order valence-corrected chi connectivity index (χ1v) is 4.48. The molecule has 0 saturated heterocycles. The molecule has 0 amide bonds. The standard InChI is InChI=1S/C8H8F2IN/c9-8(10,5-12)6-1-3-7(11)4-2-6/h1-4H,5,12H2. The van der Waals surface area contributed by atoms with Crippen LogP contribution in [0.2, 0.25) is 0 Å². The van der Waals surface area contributed by atoms with E-state index in [1.165, 1.54) is 12.1 Å². The van der Waals surface area contributed by atoms with Gasteiger partial charge in [0.2, 0.25) is 0 Å². The van der Waals surface area contributed by atoms with Gasteiger partial charge in [-0.1, -0.05) is 12.1 Å². The predicted octanol–water partition coefficient (Wildman–Crippen LogP) is 2.34. The molecule has 0 radical (unpaired) electrons. The van der Waals surface area contributed by atoms with Gasteiger partial charge in [0.05, 0.1) is 6.54 Å². The molecule has 0 spiro atoms. The van der Waals surface area contributed by atoms with E-state index in [0.29, 0.717) is 0 Å². The number of nitrogens with two attached hydrogens (primary N) is 1. The van der Waals surface area contributed by atoms with Crippen LogP contribution in [0.4, 0.5) is 8.78 Å². The van der Waals surface area contributed by atoms with E-state index in [4.69, 9.17) is 5.73 Å². The molecule has 66 valence electrons. The average molecular weight is 283 g/mol. The van der Waals surface area contributed by atoms with Crippen LogP contribution in [0.3, 0.4) is 0 Å². The summed E-state index contributed by atoms with van der Waals surface area (Å²) in [4.78, 5) is 0. The molecule has 0 heterocycles. The van der Waals surface area contributed by atoms with Gasteiger partial charge in [0.25, 0.3) is 5.92 Å². The first-order chi connectivity index (χ1) is 5.56. The number of halogens is 3. The van der Waals surface area contributed by atoms with Gasteiger partial charge >= 0.3 is 0 Å². The van der Waals surface area contributed by atoms with E-state index >= 15 is 0 Å². The van der Waals surface area contributed by atoms with E-state index in [1.54, 1.807) is 12.1 Å². The van der Waals surface area contributed by atoms with Crippen molar-refractivity contribution in [2.75, 3.05) is 6.54 Å². The van der Waals surface area contributed by atoms with Gasteiger partial charge in [0, 0.05) is 9.13 Å². The Bertz CT molecular complexity index is 258. The van der Waals surface area contributed by atoms with Crippen molar-refractivity contribution in [1.29, 1.82) is 0 Å². The van der Waals surface area contributed by atoms with Crippen molar-refractivity contribution in [1.82, 2.24) is 0 Å². The number of hydrogen-bond donors (Lipinski definition) is 1. The number of alkyl halides is 2. The zero-order valence-corrected chi connectivity index (χ0v) is 8.39. The van der Waals surface area contributed by atoms with Gasteiger partial charge in [-0.3, -0.25) is 0 Å². The van der Waals surface area contributed by atoms with E-state index < -0.39 is 12.5 Å². The summed E-state index contributed by atoms with van der Waals surface area (Å²) in [7, 11) is 0. The summed E-state index contributed by atoms with van der Waals surface area (Å²) >= 11 is 2.06. The van der Waals surface area contributed by atoms with Crippen molar-refractivity contribution >= 4 is 22.6 Å². The van der Waals surface area contributed by atoms with Crippen LogP contribution in [-0.2, 0) is 5.92 Å². The van der Waals surface area contributed by atoms with E-state index in [9.17, 15) is 8.78 Å². The minimum Gasteiger partial charge on any atom is -0.325 e. The molecule has 2 N–H and O–H groups in total. The van der Waals surface area contributed by atoms with Crippen LogP contribution in [0.1, 0.15) is 5.56 Å². The lowest BCUT2D eigenvalue weighted by molar-refractivity contribution is 0.00594. The highest BCUT2D eigenvalue weighted by molar-refractivity contribution is 14.1. The van der Waals surface area contributed by atoms with E-state index in [0.717, 1.165) is 3.57 Å². The van der Waals surface area contributed by atoms with Gasteiger partial charge in [-0.2, -0.15) is 8.78 Å². The Labute approximate surface area is 83.1 Å². The van der Waals surface area contributed by atoms with Crippen LogP contribution in [0.25, 0.3) is 0 Å². The normalized spacial score (nSPS) is 11.7. The molecular formula is C8H8F2IN. The average Bonchev–Trinajstić information content (AvgIpc) is 2.05. The van der Waals surface area contributed by atoms with E-state index in [1.807, 2.05) is 0 Å². The van der Waals surface area contributed by atoms with Crippen molar-refractivity contribution < 1.29 is 8.78 Å². The largest absolute Gasteiger partial charge is 0.325 e. The lowest BCUT2D eigenvalue weighted by Gasteiger charge is -2.13. The second kappa shape index (κ2) is 3.66. The summed E-state index contributed by atoms with van der Waals surface area (Å²) in [5.74, 6) is -2.90. The van der Waals surface area contributed by atoms with Crippen LogP contribution in [0.5, 0.6) is 0 Å². The summed E-state index contributed by atoms with van der Waals surface area (Å²) in [6, 6.07) is 6.07. The summed E-state index contributed by atoms with van der Waals surface area (Å²) in [6.45, 7) is -0.645. The second-order valence-corrected chi connectivity index (χ2v) is 3.66. The summed E-state index contributed by atoms with van der Waals surface area (Å²) in [5.41, 5.74) is 4.90. The van der Waals surface area contributed by atoms with Crippen LogP contribution >= 0.6 is 22.6 Å². The molecule has 0 unspecified atom stereocenters. The molecule has 0 bridgehead atoms. The lowest BCUT2D eigenvalue weighted by Crippen LogP contribution is -2.24. The molecule has 4 heteroatoms. The Kier molecular flexibility index (Phi) is 3.00. The fourth-order valence-corrected chi connectivity index (χ4v) is 1.17. The minimum absolute atomic E-state index is 0.0228. The minimum atomic E-state index is -2.90. The maximum Gasteiger partial charge on any atom is 0.285 e. The van der Waals surface area contributed by atoms with Crippen molar-refractivity contribution in [3.8, 4) is 0 Å². The molecule has 12 heavy (non-hydrogen) atoms. The fraction of sp³-hybridized carbons (Fsp3) is 0.250. The molecule has 1 rings (SSSR count). The molecule has 0 aromatic heterocycles. The predicted molar refractivity (Wildman–Crippen MR) is 52.1 cm³/mol. The van der Waals surface area contributed by atoms with Crippen molar-refractivity contribution in [3.05, 3.63) is 33.4 Å². The molecule has 1 aromatic rings. The molecule has 0 saturated carbocycles. The van der Waals surface area contributed by atoms with Crippen LogP contribution in [-0.4, -0.2) is 6.54 Å². The van der Waals surface area contributed by atoms with Crippen LogP contribution in [0.15, 0.2) is 24.3 Å². The maximum atomic E-state index is 12.9. The second-order valence-electron chi connectivity index (χ2n) is 2.42. The zero-order valence-electron chi connectivity index (χ0n) is 6.23. The molecule has 0 fully saturated rings. The molecule has 1 aromatic carbocycles. The highest BCUT2D eigenvalue weighted by atomic mass is 127. The third-order valence-corrected chi connectivity index (χ3v) is 2.24. The molecular weight excluding hydrogens is 275 g/mol. The highest BCUT2D eigenvalue weighted by Gasteiger charge is 2.28. The van der Waals surface area contributed by atoms with Crippen LogP contribution < -0.4 is 5.73 Å². The Morgan fingerprint density at radius 3 is 2.17 bits per heavy atom. The third-order valence-electron chi connectivity index (χ3n) is 1.52. The van der Waals surface area contributed by atoms with E-state index in [-0.39, 0.29) is 5.56 Å². The van der Waals surface area contributed by atoms with Crippen molar-refractivity contribution in [2.24, 2.45) is 5.73 Å². The SMILES string of the molecule is NCC(F)(F)c1ccc(I)cc1. The summed E-state index contributed by atoms with van der Waals surface area (Å²) in [6.07, 6.45) is 0. The quantitative estimate of drug-likeness (QED) is 0.828. The van der Waals surface area contributed by atoms with Gasteiger partial charge in [-0.25, -0.2) is 0 Å². The first kappa shape index (κ1) is 9.85. The Morgan fingerprint density at radius 1 is 1.25 bits per heavy atom. The Balaban J connectivity index is 2.96. The summed E-state index contributed by atoms with van der Waals surface area (Å²) in [5, 5.41) is 0. The number of benzene rings is 1. The van der Waals surface area contributed by atoms with Crippen molar-refractivity contribution in [3.63, 3.8) is 0 Å². The Hall–Kier alpha value is -0.230. The third kappa shape index (κ3) is 2.13. The molecule has 0 aliphatic heterocycles. The topological polar surface area (TPSA) is 26.0 Å². The highest BCUT2D eigenvalue weighted by Crippen LogP contribution is 2.26. The zero-order chi connectivity index (χ0) is 9.19. The molecule has 0 atom stereocenters. The van der Waals surface area contributed by atoms with Gasteiger partial charge < -0.3 is 5.73 Å². The van der Waals surface area contributed by atoms with Gasteiger partial charge in [0.1, 0.15) is 0 Å². The van der Waals surface area contributed by atoms with E-state index in [2.05, 4.69) is 22.6 Å². The monoisotopic (exact) mass is 283 g/mol. The maximum absolute atomic E-state index is 12.9. The molecule has 0 aliphatic rings. The molecule has 1 nitrogen and oxygen atoms in total. The fourth-order valence-electron chi connectivity index (χ4n) is 0.812. The summed E-state index contributed by atoms with van der Waals surface area (Å²) < 4.78 is 26.7. The number of hydrogen-bond acceptors (Lipinski definition) is 1. The lowest BCUT2D eigenvalue weighted by atomic mass is 10.1. The smallest absolute Gasteiger partial charge is 0.285 e. The van der Waals surface area contributed by atoms with Crippen LogP contribution in [0, 0.1) is 3.57 Å². The molecule has 0 aliphatic carbocycles.